The van der Waals surface area contributed by atoms with Crippen molar-refractivity contribution < 1.29 is 24.2 Å². The Balaban J connectivity index is 2.91. The molecule has 1 heterocycles. The van der Waals surface area contributed by atoms with Crippen LogP contribution >= 0.6 is 11.3 Å². The second-order valence-corrected chi connectivity index (χ2v) is 4.88. The zero-order valence-electron chi connectivity index (χ0n) is 11.0. The number of carbonyl (C=O) groups excluding carboxylic acids is 1. The summed E-state index contributed by atoms with van der Waals surface area (Å²) in [6.45, 7) is 3.56. The van der Waals surface area contributed by atoms with E-state index in [-0.39, 0.29) is 11.4 Å². The summed E-state index contributed by atoms with van der Waals surface area (Å²) in [6, 6.07) is 0. The first-order chi connectivity index (χ1) is 9.49. The van der Waals surface area contributed by atoms with Crippen LogP contribution in [0.25, 0.3) is 0 Å². The van der Waals surface area contributed by atoms with Gasteiger partial charge in [-0.15, -0.1) is 11.3 Å². The molecule has 106 valence electrons. The summed E-state index contributed by atoms with van der Waals surface area (Å²) in [7, 11) is 4.78. The van der Waals surface area contributed by atoms with Crippen molar-refractivity contribution in [3.63, 3.8) is 0 Å². The van der Waals surface area contributed by atoms with Gasteiger partial charge in [-0.3, -0.25) is 0 Å². The van der Waals surface area contributed by atoms with Crippen LogP contribution in [0.2, 0.25) is 0 Å². The minimum absolute atomic E-state index is 0.177. The number of aliphatic carboxylic acids is 1. The summed E-state index contributed by atoms with van der Waals surface area (Å²) in [6.07, 6.45) is -0.116. The topological polar surface area (TPSA) is 98.1 Å². The average Bonchev–Trinajstić information content (AvgIpc) is 2.83. The van der Waals surface area contributed by atoms with Crippen LogP contribution in [0.15, 0.2) is 10.5 Å². The number of carbonyl (C=O) groups is 2. The summed E-state index contributed by atoms with van der Waals surface area (Å²) >= 11 is 1.28. The molecule has 2 radical (unpaired) electrons. The Morgan fingerprint density at radius 1 is 1.60 bits per heavy atom. The number of rotatable bonds is 7. The van der Waals surface area contributed by atoms with Crippen molar-refractivity contribution in [1.29, 1.82) is 0 Å². The van der Waals surface area contributed by atoms with E-state index in [9.17, 15) is 9.59 Å². The molecule has 20 heavy (non-hydrogen) atoms. The second-order valence-electron chi connectivity index (χ2n) is 3.82. The maximum atomic E-state index is 11.3. The van der Waals surface area contributed by atoms with E-state index in [0.29, 0.717) is 17.8 Å². The van der Waals surface area contributed by atoms with Gasteiger partial charge in [-0.1, -0.05) is 18.5 Å². The number of hydrogen-bond acceptors (Lipinski definition) is 7. The maximum Gasteiger partial charge on any atom is 0.378 e. The Morgan fingerprint density at radius 3 is 2.75 bits per heavy atom. The molecule has 1 rings (SSSR count). The summed E-state index contributed by atoms with van der Waals surface area (Å²) < 4.78 is 4.07. The Labute approximate surface area is 121 Å². The highest BCUT2D eigenvalue weighted by Crippen LogP contribution is 2.11. The van der Waals surface area contributed by atoms with Gasteiger partial charge in [-0.25, -0.2) is 14.6 Å². The molecule has 0 amide bonds. The van der Waals surface area contributed by atoms with Gasteiger partial charge in [0, 0.05) is 5.38 Å². The predicted octanol–water partition coefficient (Wildman–Crippen LogP) is 1.05. The number of hydrogen-bond donors (Lipinski definition) is 1. The fourth-order valence-corrected chi connectivity index (χ4v) is 1.93. The fourth-order valence-electron chi connectivity index (χ4n) is 1.34. The molecule has 0 bridgehead atoms. The first kappa shape index (κ1) is 16.2. The van der Waals surface area contributed by atoms with E-state index in [1.54, 1.807) is 12.3 Å². The first-order valence-electron chi connectivity index (χ1n) is 5.79. The van der Waals surface area contributed by atoms with Gasteiger partial charge in [-0.2, -0.15) is 0 Å². The van der Waals surface area contributed by atoms with E-state index in [1.165, 1.54) is 11.3 Å². The van der Waals surface area contributed by atoms with Crippen LogP contribution in [0.5, 0.6) is 0 Å². The molecule has 1 aromatic rings. The number of aryl methyl sites for hydroxylation is 1. The molecule has 0 aliphatic carbocycles. The van der Waals surface area contributed by atoms with Gasteiger partial charge in [-0.05, 0) is 13.3 Å². The van der Waals surface area contributed by atoms with Crippen molar-refractivity contribution in [2.45, 2.75) is 32.8 Å². The third kappa shape index (κ3) is 4.34. The molecule has 9 heteroatoms. The lowest BCUT2D eigenvalue weighted by Crippen LogP contribution is -2.26. The number of nitrogens with zero attached hydrogens (tertiary/aromatic N) is 2. The molecular formula is C11H13BN2O5S. The molecule has 1 N–H and O–H groups in total. The normalized spacial score (nSPS) is 12.8. The van der Waals surface area contributed by atoms with E-state index in [1.807, 2.05) is 6.92 Å². The lowest BCUT2D eigenvalue weighted by Gasteiger charge is -2.12. The van der Waals surface area contributed by atoms with Gasteiger partial charge in [0.05, 0.1) is 5.01 Å². The van der Waals surface area contributed by atoms with Gasteiger partial charge in [0.2, 0.25) is 11.8 Å². The standard InChI is InChI=1S/C11H13BN2O5S/c1-3-4-8(11(17)18-12)19-14-9(10(15)16)7-5-20-6(2)13-7/h5,8H,3-4H2,1-2H3,(H,15,16)/b14-9-/t8-/m0/s1. The number of thiazole rings is 1. The Hall–Kier alpha value is -1.90. The van der Waals surface area contributed by atoms with Gasteiger partial charge in [0.1, 0.15) is 5.69 Å². The van der Waals surface area contributed by atoms with E-state index < -0.39 is 18.0 Å². The van der Waals surface area contributed by atoms with Crippen molar-refractivity contribution in [2.75, 3.05) is 0 Å². The van der Waals surface area contributed by atoms with Crippen molar-refractivity contribution in [2.24, 2.45) is 5.16 Å². The molecule has 0 spiro atoms. The molecule has 0 unspecified atom stereocenters. The Morgan fingerprint density at radius 2 is 2.30 bits per heavy atom. The van der Waals surface area contributed by atoms with Crippen LogP contribution in [-0.4, -0.2) is 41.9 Å². The zero-order valence-corrected chi connectivity index (χ0v) is 11.8. The Bertz CT molecular complexity index is 517. The molecule has 0 aliphatic rings. The monoisotopic (exact) mass is 296 g/mol. The summed E-state index contributed by atoms with van der Waals surface area (Å²) in [4.78, 5) is 31.4. The van der Waals surface area contributed by atoms with Crippen LogP contribution < -0.4 is 0 Å². The summed E-state index contributed by atoms with van der Waals surface area (Å²) in [5.74, 6) is -2.11. The molecule has 0 saturated heterocycles. The van der Waals surface area contributed by atoms with Crippen molar-refractivity contribution in [3.05, 3.63) is 16.1 Å². The summed E-state index contributed by atoms with van der Waals surface area (Å²) in [5, 5.41) is 14.8. The van der Waals surface area contributed by atoms with Gasteiger partial charge >= 0.3 is 20.0 Å². The number of oxime groups is 1. The van der Waals surface area contributed by atoms with Gasteiger partial charge in [0.15, 0.2) is 0 Å². The van der Waals surface area contributed by atoms with Crippen LogP contribution in [0.4, 0.5) is 0 Å². The predicted molar refractivity (Wildman–Crippen MR) is 72.7 cm³/mol. The summed E-state index contributed by atoms with van der Waals surface area (Å²) in [5.41, 5.74) is -0.198. The van der Waals surface area contributed by atoms with Crippen molar-refractivity contribution >= 4 is 37.0 Å². The maximum absolute atomic E-state index is 11.3. The van der Waals surface area contributed by atoms with Crippen LogP contribution in [0.1, 0.15) is 30.5 Å². The highest BCUT2D eigenvalue weighted by Gasteiger charge is 2.22. The van der Waals surface area contributed by atoms with Crippen LogP contribution in [-0.2, 0) is 19.1 Å². The van der Waals surface area contributed by atoms with E-state index >= 15 is 0 Å². The molecule has 1 atom stereocenters. The van der Waals surface area contributed by atoms with E-state index in [2.05, 4.69) is 14.8 Å². The van der Waals surface area contributed by atoms with Crippen LogP contribution in [0.3, 0.4) is 0 Å². The zero-order chi connectivity index (χ0) is 15.1. The fraction of sp³-hybridized carbons (Fsp3) is 0.455. The quantitative estimate of drug-likeness (QED) is 0.459. The largest absolute Gasteiger partial charge is 0.541 e. The molecular weight excluding hydrogens is 283 g/mol. The number of aromatic nitrogens is 1. The minimum atomic E-state index is -1.30. The van der Waals surface area contributed by atoms with E-state index in [0.717, 1.165) is 0 Å². The Kier molecular flexibility index (Phi) is 6.17. The lowest BCUT2D eigenvalue weighted by molar-refractivity contribution is -0.147. The molecule has 0 aromatic carbocycles. The van der Waals surface area contributed by atoms with Gasteiger partial charge < -0.3 is 14.6 Å². The minimum Gasteiger partial charge on any atom is -0.541 e. The second kappa shape index (κ2) is 7.64. The molecule has 0 aliphatic heterocycles. The third-order valence-corrected chi connectivity index (χ3v) is 3.04. The van der Waals surface area contributed by atoms with Crippen molar-refractivity contribution in [3.8, 4) is 0 Å². The molecule has 7 nitrogen and oxygen atoms in total. The smallest absolute Gasteiger partial charge is 0.378 e. The first-order valence-corrected chi connectivity index (χ1v) is 6.67. The van der Waals surface area contributed by atoms with Gasteiger partial charge in [0.25, 0.3) is 0 Å². The number of carboxylic acids is 1. The SMILES string of the molecule is [B]OC(=O)[C@H](CCC)O/N=C(\C(=O)O)c1csc(C)n1. The van der Waals surface area contributed by atoms with Crippen molar-refractivity contribution in [1.82, 2.24) is 4.98 Å². The third-order valence-electron chi connectivity index (χ3n) is 2.27. The average molecular weight is 296 g/mol. The molecule has 0 fully saturated rings. The van der Waals surface area contributed by atoms with Crippen LogP contribution in [0, 0.1) is 6.92 Å². The number of carboxylic acid groups (broad SMARTS) is 1. The lowest BCUT2D eigenvalue weighted by atomic mass is 10.2. The highest BCUT2D eigenvalue weighted by molar-refractivity contribution is 7.09. The highest BCUT2D eigenvalue weighted by atomic mass is 32.1. The van der Waals surface area contributed by atoms with E-state index in [4.69, 9.17) is 18.0 Å². The molecule has 0 saturated carbocycles. The molecule has 1 aromatic heterocycles.